The van der Waals surface area contributed by atoms with Gasteiger partial charge in [0.25, 0.3) is 0 Å². The van der Waals surface area contributed by atoms with E-state index in [4.69, 9.17) is 0 Å². The highest BCUT2D eigenvalue weighted by atomic mass is 16.1. The third kappa shape index (κ3) is 2.13. The van der Waals surface area contributed by atoms with Crippen LogP contribution in [0, 0.1) is 0 Å². The van der Waals surface area contributed by atoms with E-state index >= 15 is 0 Å². The van der Waals surface area contributed by atoms with Crippen molar-refractivity contribution < 1.29 is 14.4 Å². The zero-order valence-electron chi connectivity index (χ0n) is 7.60. The molecule has 1 aromatic rings. The lowest BCUT2D eigenvalue weighted by molar-refractivity contribution is -0.107. The fourth-order valence-corrected chi connectivity index (χ4v) is 1.31. The average Bonchev–Trinajstić information content (AvgIpc) is 2.25. The first-order valence-electron chi connectivity index (χ1n) is 4.29. The zero-order valence-corrected chi connectivity index (χ0v) is 7.60. The van der Waals surface area contributed by atoms with Crippen molar-refractivity contribution in [3.63, 3.8) is 0 Å². The molecule has 1 aromatic carbocycles. The van der Waals surface area contributed by atoms with E-state index in [0.717, 1.165) is 11.8 Å². The maximum Gasteiger partial charge on any atom is 0.151 e. The number of carbonyl (C=O) groups excluding carboxylic acids is 3. The van der Waals surface area contributed by atoms with Crippen LogP contribution in [0.3, 0.4) is 0 Å². The molecule has 3 nitrogen and oxygen atoms in total. The second-order valence-electron chi connectivity index (χ2n) is 2.86. The summed E-state index contributed by atoms with van der Waals surface area (Å²) in [5, 5.41) is 0. The van der Waals surface area contributed by atoms with Crippen LogP contribution in [-0.2, 0) is 11.2 Å². The van der Waals surface area contributed by atoms with Crippen LogP contribution >= 0.6 is 0 Å². The fourth-order valence-electron chi connectivity index (χ4n) is 1.31. The zero-order chi connectivity index (χ0) is 10.4. The van der Waals surface area contributed by atoms with E-state index in [2.05, 4.69) is 0 Å². The van der Waals surface area contributed by atoms with Gasteiger partial charge in [-0.25, -0.2) is 0 Å². The number of benzene rings is 1. The molecule has 72 valence electrons. The Labute approximate surface area is 81.7 Å². The monoisotopic (exact) mass is 190 g/mol. The quantitative estimate of drug-likeness (QED) is 0.660. The minimum absolute atomic E-state index is 0.364. The third-order valence-corrected chi connectivity index (χ3v) is 2.01. The molecule has 0 amide bonds. The first-order chi connectivity index (χ1) is 6.83. The summed E-state index contributed by atoms with van der Waals surface area (Å²) in [7, 11) is 0. The summed E-state index contributed by atoms with van der Waals surface area (Å²) >= 11 is 0. The molecule has 0 radical (unpaired) electrons. The summed E-state index contributed by atoms with van der Waals surface area (Å²) in [6.07, 6.45) is 2.96. The molecule has 0 saturated carbocycles. The summed E-state index contributed by atoms with van der Waals surface area (Å²) in [6.45, 7) is 0. The van der Waals surface area contributed by atoms with Gasteiger partial charge in [-0.15, -0.1) is 0 Å². The van der Waals surface area contributed by atoms with Crippen molar-refractivity contribution in [2.45, 2.75) is 12.8 Å². The highest BCUT2D eigenvalue weighted by molar-refractivity contribution is 5.91. The molecular formula is C11H10O3. The first-order valence-corrected chi connectivity index (χ1v) is 4.29. The maximum atomic E-state index is 10.7. The third-order valence-electron chi connectivity index (χ3n) is 2.01. The van der Waals surface area contributed by atoms with Crippen molar-refractivity contribution in [3.8, 4) is 0 Å². The van der Waals surface area contributed by atoms with Gasteiger partial charge in [0.05, 0.1) is 0 Å². The maximum absolute atomic E-state index is 10.7. The Morgan fingerprint density at radius 1 is 1.07 bits per heavy atom. The van der Waals surface area contributed by atoms with Gasteiger partial charge in [-0.3, -0.25) is 9.59 Å². The summed E-state index contributed by atoms with van der Waals surface area (Å²) < 4.78 is 0. The first kappa shape index (κ1) is 10.3. The van der Waals surface area contributed by atoms with Crippen molar-refractivity contribution >= 4 is 18.9 Å². The lowest BCUT2D eigenvalue weighted by atomic mass is 9.99. The Morgan fingerprint density at radius 3 is 2.43 bits per heavy atom. The predicted molar refractivity (Wildman–Crippen MR) is 51.6 cm³/mol. The summed E-state index contributed by atoms with van der Waals surface area (Å²) in [5.41, 5.74) is 1.52. The van der Waals surface area contributed by atoms with Crippen LogP contribution in [0.2, 0.25) is 0 Å². The van der Waals surface area contributed by atoms with Gasteiger partial charge >= 0.3 is 0 Å². The lowest BCUT2D eigenvalue weighted by Gasteiger charge is -2.03. The Morgan fingerprint density at radius 2 is 1.86 bits per heavy atom. The molecule has 1 rings (SSSR count). The van der Waals surface area contributed by atoms with Crippen LogP contribution < -0.4 is 0 Å². The summed E-state index contributed by atoms with van der Waals surface area (Å²) in [6, 6.07) is 5.04. The minimum Gasteiger partial charge on any atom is -0.303 e. The molecule has 0 unspecified atom stereocenters. The molecule has 0 heterocycles. The average molecular weight is 190 g/mol. The Kier molecular flexibility index (Phi) is 3.73. The van der Waals surface area contributed by atoms with Gasteiger partial charge in [0, 0.05) is 17.5 Å². The molecule has 0 spiro atoms. The summed E-state index contributed by atoms with van der Waals surface area (Å²) in [4.78, 5) is 31.5. The molecule has 0 aliphatic heterocycles. The fraction of sp³-hybridized carbons (Fsp3) is 0.182. The largest absolute Gasteiger partial charge is 0.303 e. The smallest absolute Gasteiger partial charge is 0.151 e. The second-order valence-corrected chi connectivity index (χ2v) is 2.86. The van der Waals surface area contributed by atoms with Gasteiger partial charge in [-0.05, 0) is 12.0 Å². The molecule has 0 aliphatic rings. The molecule has 3 heteroatoms. The van der Waals surface area contributed by atoms with E-state index in [1.165, 1.54) is 0 Å². The minimum atomic E-state index is 0.364. The number of carbonyl (C=O) groups is 3. The van der Waals surface area contributed by atoms with Gasteiger partial charge in [0.1, 0.15) is 6.29 Å². The van der Waals surface area contributed by atoms with Crippen molar-refractivity contribution in [3.05, 3.63) is 34.9 Å². The molecule has 14 heavy (non-hydrogen) atoms. The van der Waals surface area contributed by atoms with Gasteiger partial charge in [-0.1, -0.05) is 18.2 Å². The molecule has 0 atom stereocenters. The standard InChI is InChI=1S/C11H10O3/c12-6-2-5-9-3-1-4-10(7-13)11(9)8-14/h1,3-4,6-8H,2,5H2. The molecule has 0 bridgehead atoms. The van der Waals surface area contributed by atoms with E-state index in [-0.39, 0.29) is 0 Å². The normalized spacial score (nSPS) is 9.43. The van der Waals surface area contributed by atoms with E-state index in [0.29, 0.717) is 36.5 Å². The molecule has 0 aromatic heterocycles. The van der Waals surface area contributed by atoms with Crippen LogP contribution in [0.15, 0.2) is 18.2 Å². The Balaban J connectivity index is 3.07. The Bertz CT molecular complexity index is 356. The highest BCUT2D eigenvalue weighted by Crippen LogP contribution is 2.12. The van der Waals surface area contributed by atoms with Crippen LogP contribution in [0.5, 0.6) is 0 Å². The number of hydrogen-bond acceptors (Lipinski definition) is 3. The molecule has 0 N–H and O–H groups in total. The Hall–Kier alpha value is -1.77. The van der Waals surface area contributed by atoms with Crippen LogP contribution in [0.4, 0.5) is 0 Å². The van der Waals surface area contributed by atoms with Gasteiger partial charge in [0.2, 0.25) is 0 Å². The molecule has 0 saturated heterocycles. The van der Waals surface area contributed by atoms with Crippen molar-refractivity contribution in [2.24, 2.45) is 0 Å². The van der Waals surface area contributed by atoms with Crippen molar-refractivity contribution in [1.29, 1.82) is 0 Å². The molecular weight excluding hydrogens is 180 g/mol. The molecule has 0 aliphatic carbocycles. The number of aryl methyl sites for hydroxylation is 1. The van der Waals surface area contributed by atoms with E-state index in [1.54, 1.807) is 18.2 Å². The van der Waals surface area contributed by atoms with Gasteiger partial charge in [-0.2, -0.15) is 0 Å². The van der Waals surface area contributed by atoms with Crippen LogP contribution in [0.1, 0.15) is 32.7 Å². The number of rotatable bonds is 5. The van der Waals surface area contributed by atoms with Gasteiger partial charge < -0.3 is 4.79 Å². The topological polar surface area (TPSA) is 51.2 Å². The lowest BCUT2D eigenvalue weighted by Crippen LogP contribution is -1.98. The summed E-state index contributed by atoms with van der Waals surface area (Å²) in [5.74, 6) is 0. The SMILES string of the molecule is O=CCCc1cccc(C=O)c1C=O. The van der Waals surface area contributed by atoms with Gasteiger partial charge in [0.15, 0.2) is 12.6 Å². The number of aldehydes is 3. The van der Waals surface area contributed by atoms with E-state index < -0.39 is 0 Å². The van der Waals surface area contributed by atoms with Crippen LogP contribution in [0.25, 0.3) is 0 Å². The van der Waals surface area contributed by atoms with E-state index in [9.17, 15) is 14.4 Å². The van der Waals surface area contributed by atoms with Crippen LogP contribution in [-0.4, -0.2) is 18.9 Å². The van der Waals surface area contributed by atoms with Crippen molar-refractivity contribution in [2.75, 3.05) is 0 Å². The highest BCUT2D eigenvalue weighted by Gasteiger charge is 2.05. The number of hydrogen-bond donors (Lipinski definition) is 0. The van der Waals surface area contributed by atoms with E-state index in [1.807, 2.05) is 0 Å². The van der Waals surface area contributed by atoms with Crippen molar-refractivity contribution in [1.82, 2.24) is 0 Å². The predicted octanol–water partition coefficient (Wildman–Crippen LogP) is 1.44. The molecule has 0 fully saturated rings. The second kappa shape index (κ2) is 5.07.